The first-order valence-electron chi connectivity index (χ1n) is 6.26. The van der Waals surface area contributed by atoms with Gasteiger partial charge >= 0.3 is 0 Å². The summed E-state index contributed by atoms with van der Waals surface area (Å²) in [6.07, 6.45) is 2.38. The highest BCUT2D eigenvalue weighted by Gasteiger charge is 2.20. The second-order valence-corrected chi connectivity index (χ2v) is 5.01. The molecule has 0 spiro atoms. The van der Waals surface area contributed by atoms with Crippen LogP contribution in [-0.4, -0.2) is 31.8 Å². The molecule has 0 bridgehead atoms. The van der Waals surface area contributed by atoms with Crippen molar-refractivity contribution in [3.05, 3.63) is 29.8 Å². The minimum atomic E-state index is 0.0963. The first-order valence-corrected chi connectivity index (χ1v) is 7.38. The molecule has 1 aliphatic heterocycles. The Morgan fingerprint density at radius 2 is 1.94 bits per heavy atom. The van der Waals surface area contributed by atoms with Crippen LogP contribution in [0.4, 0.5) is 0 Å². The number of rotatable bonds is 5. The maximum absolute atomic E-state index is 6.13. The van der Waals surface area contributed by atoms with Crippen LogP contribution in [0.1, 0.15) is 24.5 Å². The van der Waals surface area contributed by atoms with Crippen LogP contribution < -0.4 is 4.74 Å². The van der Waals surface area contributed by atoms with Gasteiger partial charge in [0.2, 0.25) is 0 Å². The molecule has 1 aromatic rings. The van der Waals surface area contributed by atoms with Gasteiger partial charge in [0.1, 0.15) is 5.75 Å². The highest BCUT2D eigenvalue weighted by molar-refractivity contribution is 9.09. The van der Waals surface area contributed by atoms with E-state index < -0.39 is 0 Å². The SMILES string of the molecule is COc1ccc(C(CBr)OC2CCOCC2)cc1. The van der Waals surface area contributed by atoms with Gasteiger partial charge < -0.3 is 14.2 Å². The molecular weight excluding hydrogens is 296 g/mol. The van der Waals surface area contributed by atoms with Crippen LogP contribution >= 0.6 is 15.9 Å². The van der Waals surface area contributed by atoms with Crippen molar-refractivity contribution in [2.75, 3.05) is 25.7 Å². The molecule has 0 radical (unpaired) electrons. The molecular formula is C14H19BrO3. The summed E-state index contributed by atoms with van der Waals surface area (Å²) in [4.78, 5) is 0. The van der Waals surface area contributed by atoms with E-state index in [4.69, 9.17) is 14.2 Å². The molecule has 2 rings (SSSR count). The lowest BCUT2D eigenvalue weighted by molar-refractivity contribution is -0.0616. The Morgan fingerprint density at radius 1 is 1.28 bits per heavy atom. The average Bonchev–Trinajstić information content (AvgIpc) is 2.46. The highest BCUT2D eigenvalue weighted by atomic mass is 79.9. The van der Waals surface area contributed by atoms with Crippen molar-refractivity contribution in [1.82, 2.24) is 0 Å². The van der Waals surface area contributed by atoms with Gasteiger partial charge in [0.15, 0.2) is 0 Å². The van der Waals surface area contributed by atoms with Gasteiger partial charge in [0, 0.05) is 18.5 Å². The van der Waals surface area contributed by atoms with Gasteiger partial charge in [0.25, 0.3) is 0 Å². The molecule has 1 aliphatic rings. The molecule has 100 valence electrons. The van der Waals surface area contributed by atoms with Crippen LogP contribution in [0.15, 0.2) is 24.3 Å². The summed E-state index contributed by atoms with van der Waals surface area (Å²) < 4.78 is 16.6. The molecule has 4 heteroatoms. The Labute approximate surface area is 117 Å². The molecule has 0 saturated carbocycles. The Balaban J connectivity index is 1.97. The third-order valence-corrected chi connectivity index (χ3v) is 3.74. The van der Waals surface area contributed by atoms with E-state index in [1.54, 1.807) is 7.11 Å². The summed E-state index contributed by atoms with van der Waals surface area (Å²) >= 11 is 3.53. The number of hydrogen-bond donors (Lipinski definition) is 0. The zero-order valence-corrected chi connectivity index (χ0v) is 12.2. The molecule has 0 aromatic heterocycles. The van der Waals surface area contributed by atoms with Gasteiger partial charge in [-0.3, -0.25) is 0 Å². The molecule has 1 fully saturated rings. The van der Waals surface area contributed by atoms with Crippen LogP contribution in [-0.2, 0) is 9.47 Å². The molecule has 1 unspecified atom stereocenters. The Hall–Kier alpha value is -0.580. The van der Waals surface area contributed by atoms with Crippen molar-refractivity contribution >= 4 is 15.9 Å². The van der Waals surface area contributed by atoms with Gasteiger partial charge in [0.05, 0.1) is 19.3 Å². The first-order chi connectivity index (χ1) is 8.83. The zero-order chi connectivity index (χ0) is 12.8. The summed E-state index contributed by atoms with van der Waals surface area (Å²) in [7, 11) is 1.68. The lowest BCUT2D eigenvalue weighted by Gasteiger charge is -2.27. The van der Waals surface area contributed by atoms with E-state index in [1.165, 1.54) is 5.56 Å². The maximum Gasteiger partial charge on any atom is 0.118 e. The minimum absolute atomic E-state index is 0.0963. The second-order valence-electron chi connectivity index (χ2n) is 4.36. The van der Waals surface area contributed by atoms with Crippen LogP contribution in [0.3, 0.4) is 0 Å². The highest BCUT2D eigenvalue weighted by Crippen LogP contribution is 2.26. The lowest BCUT2D eigenvalue weighted by Crippen LogP contribution is -2.25. The molecule has 1 aromatic carbocycles. The van der Waals surface area contributed by atoms with Crippen LogP contribution in [0.25, 0.3) is 0 Å². The molecule has 1 heterocycles. The zero-order valence-electron chi connectivity index (χ0n) is 10.6. The predicted molar refractivity (Wildman–Crippen MR) is 74.5 cm³/mol. The topological polar surface area (TPSA) is 27.7 Å². The quantitative estimate of drug-likeness (QED) is 0.780. The summed E-state index contributed by atoms with van der Waals surface area (Å²) in [6, 6.07) is 8.06. The van der Waals surface area contributed by atoms with E-state index in [0.717, 1.165) is 37.1 Å². The molecule has 0 amide bonds. The van der Waals surface area contributed by atoms with E-state index >= 15 is 0 Å². The monoisotopic (exact) mass is 314 g/mol. The van der Waals surface area contributed by atoms with E-state index in [9.17, 15) is 0 Å². The summed E-state index contributed by atoms with van der Waals surface area (Å²) in [5.41, 5.74) is 1.18. The van der Waals surface area contributed by atoms with Crippen molar-refractivity contribution in [3.8, 4) is 5.75 Å². The van der Waals surface area contributed by atoms with E-state index in [1.807, 2.05) is 12.1 Å². The molecule has 1 saturated heterocycles. The third-order valence-electron chi connectivity index (χ3n) is 3.15. The standard InChI is InChI=1S/C14H19BrO3/c1-16-12-4-2-11(3-5-12)14(10-15)18-13-6-8-17-9-7-13/h2-5,13-14H,6-10H2,1H3. The number of hydrogen-bond acceptors (Lipinski definition) is 3. The van der Waals surface area contributed by atoms with Crippen molar-refractivity contribution in [2.24, 2.45) is 0 Å². The third kappa shape index (κ3) is 3.70. The average molecular weight is 315 g/mol. The van der Waals surface area contributed by atoms with E-state index in [0.29, 0.717) is 6.10 Å². The number of methoxy groups -OCH3 is 1. The number of alkyl halides is 1. The van der Waals surface area contributed by atoms with Gasteiger partial charge in [-0.05, 0) is 30.5 Å². The van der Waals surface area contributed by atoms with Crippen molar-refractivity contribution < 1.29 is 14.2 Å². The van der Waals surface area contributed by atoms with E-state index in [-0.39, 0.29) is 6.10 Å². The normalized spacial score (nSPS) is 18.6. The van der Waals surface area contributed by atoms with Gasteiger partial charge in [-0.15, -0.1) is 0 Å². The second kappa shape index (κ2) is 7.12. The molecule has 3 nitrogen and oxygen atoms in total. The molecule has 0 N–H and O–H groups in total. The first kappa shape index (κ1) is 13.8. The lowest BCUT2D eigenvalue weighted by atomic mass is 10.1. The molecule has 1 atom stereocenters. The van der Waals surface area contributed by atoms with E-state index in [2.05, 4.69) is 28.1 Å². The fourth-order valence-corrected chi connectivity index (χ4v) is 2.59. The molecule has 18 heavy (non-hydrogen) atoms. The van der Waals surface area contributed by atoms with Crippen molar-refractivity contribution in [2.45, 2.75) is 25.0 Å². The number of halogens is 1. The van der Waals surface area contributed by atoms with Crippen molar-refractivity contribution in [1.29, 1.82) is 0 Å². The van der Waals surface area contributed by atoms with Crippen LogP contribution in [0.5, 0.6) is 5.75 Å². The fraction of sp³-hybridized carbons (Fsp3) is 0.571. The smallest absolute Gasteiger partial charge is 0.118 e. The fourth-order valence-electron chi connectivity index (χ4n) is 2.07. The van der Waals surface area contributed by atoms with Gasteiger partial charge in [-0.25, -0.2) is 0 Å². The van der Waals surface area contributed by atoms with Crippen molar-refractivity contribution in [3.63, 3.8) is 0 Å². The van der Waals surface area contributed by atoms with Crippen LogP contribution in [0, 0.1) is 0 Å². The van der Waals surface area contributed by atoms with Gasteiger partial charge in [-0.1, -0.05) is 28.1 Å². The Morgan fingerprint density at radius 3 is 2.50 bits per heavy atom. The number of benzene rings is 1. The predicted octanol–water partition coefficient (Wildman–Crippen LogP) is 3.33. The molecule has 0 aliphatic carbocycles. The largest absolute Gasteiger partial charge is 0.497 e. The maximum atomic E-state index is 6.13. The Kier molecular flexibility index (Phi) is 5.47. The summed E-state index contributed by atoms with van der Waals surface area (Å²) in [5, 5.41) is 0.802. The van der Waals surface area contributed by atoms with Crippen LogP contribution in [0.2, 0.25) is 0 Å². The van der Waals surface area contributed by atoms with Gasteiger partial charge in [-0.2, -0.15) is 0 Å². The minimum Gasteiger partial charge on any atom is -0.497 e. The summed E-state index contributed by atoms with van der Waals surface area (Å²) in [5.74, 6) is 0.873. The summed E-state index contributed by atoms with van der Waals surface area (Å²) in [6.45, 7) is 1.62. The number of ether oxygens (including phenoxy) is 3. The Bertz CT molecular complexity index is 347.